The zero-order valence-electron chi connectivity index (χ0n) is 11.0. The molecule has 0 aliphatic heterocycles. The van der Waals surface area contributed by atoms with Crippen LogP contribution in [0.2, 0.25) is 0 Å². The number of nitrogens with one attached hydrogen (secondary N) is 1. The molecule has 1 aromatic carbocycles. The van der Waals surface area contributed by atoms with Gasteiger partial charge in [0.2, 0.25) is 0 Å². The maximum Gasteiger partial charge on any atom is 0.328 e. The second-order valence-corrected chi connectivity index (χ2v) is 4.23. The molecule has 0 aliphatic carbocycles. The summed E-state index contributed by atoms with van der Waals surface area (Å²) < 4.78 is 5.05. The molecule has 1 amide bonds. The lowest BCUT2D eigenvalue weighted by Gasteiger charge is -2.18. The Morgan fingerprint density at radius 2 is 2.00 bits per heavy atom. The monoisotopic (exact) mass is 267 g/mol. The van der Waals surface area contributed by atoms with Crippen LogP contribution in [0.25, 0.3) is 0 Å². The van der Waals surface area contributed by atoms with Crippen molar-refractivity contribution in [2.24, 2.45) is 0 Å². The Kier molecular flexibility index (Phi) is 4.88. The van der Waals surface area contributed by atoms with Gasteiger partial charge in [-0.2, -0.15) is 0 Å². The quantitative estimate of drug-likeness (QED) is 0.724. The molecule has 2 atom stereocenters. The number of aliphatic hydroxyl groups excluding tert-OH is 1. The molecular formula is C13H17NO5. The fraction of sp³-hybridized carbons (Fsp3) is 0.385. The van der Waals surface area contributed by atoms with Crippen LogP contribution in [0.3, 0.4) is 0 Å². The lowest BCUT2D eigenvalue weighted by molar-refractivity contribution is -0.141. The van der Waals surface area contributed by atoms with Crippen molar-refractivity contribution >= 4 is 11.9 Å². The largest absolute Gasteiger partial charge is 0.496 e. The van der Waals surface area contributed by atoms with Crippen LogP contribution in [0.15, 0.2) is 18.2 Å². The molecule has 0 spiro atoms. The van der Waals surface area contributed by atoms with E-state index in [9.17, 15) is 14.7 Å². The highest BCUT2D eigenvalue weighted by Gasteiger charge is 2.26. The van der Waals surface area contributed by atoms with Crippen LogP contribution < -0.4 is 10.1 Å². The number of amides is 1. The number of rotatable bonds is 5. The molecule has 0 bridgehead atoms. The minimum atomic E-state index is -1.36. The molecule has 0 fully saturated rings. The van der Waals surface area contributed by atoms with Gasteiger partial charge in [0.25, 0.3) is 5.91 Å². The maximum atomic E-state index is 12.0. The Morgan fingerprint density at radius 1 is 1.37 bits per heavy atom. The van der Waals surface area contributed by atoms with E-state index in [0.29, 0.717) is 5.75 Å². The fourth-order valence-electron chi connectivity index (χ4n) is 1.61. The summed E-state index contributed by atoms with van der Waals surface area (Å²) in [7, 11) is 1.42. The second kappa shape index (κ2) is 6.19. The Morgan fingerprint density at radius 3 is 2.47 bits per heavy atom. The molecule has 0 saturated carbocycles. The van der Waals surface area contributed by atoms with E-state index in [1.807, 2.05) is 0 Å². The first-order chi connectivity index (χ1) is 8.86. The lowest BCUT2D eigenvalue weighted by atomic mass is 10.1. The van der Waals surface area contributed by atoms with Gasteiger partial charge in [0.15, 0.2) is 6.04 Å². The third kappa shape index (κ3) is 3.69. The minimum absolute atomic E-state index is 0.231. The summed E-state index contributed by atoms with van der Waals surface area (Å²) in [6.07, 6.45) is -1.20. The zero-order chi connectivity index (χ0) is 14.6. The third-order valence-corrected chi connectivity index (χ3v) is 2.63. The molecule has 0 saturated heterocycles. The number of benzene rings is 1. The average molecular weight is 267 g/mol. The van der Waals surface area contributed by atoms with Gasteiger partial charge in [-0.25, -0.2) is 4.79 Å². The Balaban J connectivity index is 3.00. The second-order valence-electron chi connectivity index (χ2n) is 4.23. The fourth-order valence-corrected chi connectivity index (χ4v) is 1.61. The van der Waals surface area contributed by atoms with Crippen molar-refractivity contribution < 1.29 is 24.5 Å². The first-order valence-electron chi connectivity index (χ1n) is 5.73. The van der Waals surface area contributed by atoms with Crippen molar-refractivity contribution in [3.05, 3.63) is 29.3 Å². The first kappa shape index (κ1) is 15.0. The van der Waals surface area contributed by atoms with E-state index in [4.69, 9.17) is 9.84 Å². The van der Waals surface area contributed by atoms with Crippen LogP contribution in [0.1, 0.15) is 22.8 Å². The number of aryl methyl sites for hydroxylation is 1. The highest BCUT2D eigenvalue weighted by Crippen LogP contribution is 2.19. The molecule has 104 valence electrons. The molecule has 6 nitrogen and oxygen atoms in total. The molecule has 1 aromatic rings. The summed E-state index contributed by atoms with van der Waals surface area (Å²) in [6, 6.07) is 3.63. The minimum Gasteiger partial charge on any atom is -0.496 e. The molecule has 0 aromatic heterocycles. The standard InChI is InChI=1S/C13H17NO5/c1-7-4-5-10(19-3)9(6-7)12(16)14-11(8(2)15)13(17)18/h4-6,8,11,15H,1-3H3,(H,14,16)(H,17,18)/t8-,11+/m1/s1. The van der Waals surface area contributed by atoms with Gasteiger partial charge in [-0.15, -0.1) is 0 Å². The van der Waals surface area contributed by atoms with E-state index in [2.05, 4.69) is 5.32 Å². The van der Waals surface area contributed by atoms with E-state index >= 15 is 0 Å². The number of ether oxygens (including phenoxy) is 1. The maximum absolute atomic E-state index is 12.0. The zero-order valence-corrected chi connectivity index (χ0v) is 11.0. The van der Waals surface area contributed by atoms with Crippen molar-refractivity contribution in [1.82, 2.24) is 5.32 Å². The van der Waals surface area contributed by atoms with Gasteiger partial charge >= 0.3 is 5.97 Å². The van der Waals surface area contributed by atoms with E-state index in [0.717, 1.165) is 5.56 Å². The van der Waals surface area contributed by atoms with E-state index in [-0.39, 0.29) is 5.56 Å². The molecule has 0 heterocycles. The SMILES string of the molecule is COc1ccc(C)cc1C(=O)N[C@H](C(=O)O)[C@@H](C)O. The first-order valence-corrected chi connectivity index (χ1v) is 5.73. The highest BCUT2D eigenvalue weighted by molar-refractivity contribution is 5.99. The summed E-state index contributed by atoms with van der Waals surface area (Å²) in [4.78, 5) is 23.0. The Bertz CT molecular complexity index is 484. The summed E-state index contributed by atoms with van der Waals surface area (Å²) >= 11 is 0. The number of carbonyl (C=O) groups excluding carboxylic acids is 1. The van der Waals surface area contributed by atoms with Gasteiger partial charge in [0.05, 0.1) is 18.8 Å². The lowest BCUT2D eigenvalue weighted by Crippen LogP contribution is -2.47. The van der Waals surface area contributed by atoms with Crippen molar-refractivity contribution in [2.75, 3.05) is 7.11 Å². The molecule has 0 aliphatic rings. The number of carboxylic acid groups (broad SMARTS) is 1. The molecule has 0 unspecified atom stereocenters. The van der Waals surface area contributed by atoms with Crippen LogP contribution >= 0.6 is 0 Å². The van der Waals surface area contributed by atoms with Crippen LogP contribution in [0.5, 0.6) is 5.75 Å². The van der Waals surface area contributed by atoms with Crippen molar-refractivity contribution in [2.45, 2.75) is 26.0 Å². The molecular weight excluding hydrogens is 250 g/mol. The van der Waals surface area contributed by atoms with E-state index in [1.165, 1.54) is 14.0 Å². The number of hydrogen-bond donors (Lipinski definition) is 3. The molecule has 1 rings (SSSR count). The number of carboxylic acids is 1. The van der Waals surface area contributed by atoms with Gasteiger partial charge in [-0.3, -0.25) is 4.79 Å². The van der Waals surface area contributed by atoms with Crippen LogP contribution in [-0.2, 0) is 4.79 Å². The number of aliphatic hydroxyl groups is 1. The molecule has 19 heavy (non-hydrogen) atoms. The molecule has 3 N–H and O–H groups in total. The smallest absolute Gasteiger partial charge is 0.328 e. The summed E-state index contributed by atoms with van der Waals surface area (Å²) in [6.45, 7) is 3.10. The van der Waals surface area contributed by atoms with E-state index in [1.54, 1.807) is 25.1 Å². The average Bonchev–Trinajstić information content (AvgIpc) is 2.34. The number of carbonyl (C=O) groups is 2. The van der Waals surface area contributed by atoms with Gasteiger partial charge in [-0.05, 0) is 26.0 Å². The molecule has 6 heteroatoms. The summed E-state index contributed by atoms with van der Waals surface area (Å²) in [5.41, 5.74) is 1.07. The Hall–Kier alpha value is -2.08. The topological polar surface area (TPSA) is 95.9 Å². The molecule has 0 radical (unpaired) electrons. The van der Waals surface area contributed by atoms with E-state index < -0.39 is 24.0 Å². The summed E-state index contributed by atoms with van der Waals surface area (Å²) in [5.74, 6) is -1.55. The Labute approximate surface area is 111 Å². The predicted octanol–water partition coefficient (Wildman–Crippen LogP) is 0.567. The van der Waals surface area contributed by atoms with Crippen LogP contribution in [0.4, 0.5) is 0 Å². The number of hydrogen-bond acceptors (Lipinski definition) is 4. The van der Waals surface area contributed by atoms with Gasteiger partial charge in [0.1, 0.15) is 5.75 Å². The number of aliphatic carboxylic acids is 1. The van der Waals surface area contributed by atoms with Crippen LogP contribution in [-0.4, -0.2) is 41.3 Å². The van der Waals surface area contributed by atoms with Crippen molar-refractivity contribution in [3.8, 4) is 5.75 Å². The number of methoxy groups -OCH3 is 1. The van der Waals surface area contributed by atoms with Crippen molar-refractivity contribution in [3.63, 3.8) is 0 Å². The van der Waals surface area contributed by atoms with Crippen LogP contribution in [0, 0.1) is 6.92 Å². The normalized spacial score (nSPS) is 13.5. The van der Waals surface area contributed by atoms with Gasteiger partial charge in [-0.1, -0.05) is 11.6 Å². The highest BCUT2D eigenvalue weighted by atomic mass is 16.5. The predicted molar refractivity (Wildman–Crippen MR) is 68.3 cm³/mol. The summed E-state index contributed by atoms with van der Waals surface area (Å²) in [5, 5.41) is 20.5. The van der Waals surface area contributed by atoms with Gasteiger partial charge < -0.3 is 20.3 Å². The van der Waals surface area contributed by atoms with Gasteiger partial charge in [0, 0.05) is 0 Å². The van der Waals surface area contributed by atoms with Crippen molar-refractivity contribution in [1.29, 1.82) is 0 Å². The third-order valence-electron chi connectivity index (χ3n) is 2.63.